The summed E-state index contributed by atoms with van der Waals surface area (Å²) >= 11 is 0. The van der Waals surface area contributed by atoms with Gasteiger partial charge >= 0.3 is 0 Å². The van der Waals surface area contributed by atoms with Gasteiger partial charge in [-0.1, -0.05) is 0 Å². The number of primary sulfonamides is 1. The number of hydrogen-bond acceptors (Lipinski definition) is 4. The molecule has 2 N–H and O–H groups in total. The number of benzene rings is 1. The zero-order valence-electron chi connectivity index (χ0n) is 11.3. The first-order valence-corrected chi connectivity index (χ1v) is 8.01. The van der Waals surface area contributed by atoms with Gasteiger partial charge < -0.3 is 9.64 Å². The normalized spacial score (nSPS) is 17.0. The van der Waals surface area contributed by atoms with Crippen LogP contribution in [0.15, 0.2) is 29.2 Å². The van der Waals surface area contributed by atoms with Crippen LogP contribution in [-0.4, -0.2) is 38.4 Å². The number of sulfonamides is 1. The first-order chi connectivity index (χ1) is 9.38. The molecular formula is C13H18N2O4S. The van der Waals surface area contributed by atoms with Gasteiger partial charge in [0.25, 0.3) is 5.91 Å². The monoisotopic (exact) mass is 298 g/mol. The highest BCUT2D eigenvalue weighted by molar-refractivity contribution is 7.89. The lowest BCUT2D eigenvalue weighted by atomic mass is 10.3. The Morgan fingerprint density at radius 2 is 1.80 bits per heavy atom. The minimum atomic E-state index is -3.71. The second kappa shape index (κ2) is 5.80. The lowest BCUT2D eigenvalue weighted by Gasteiger charge is -2.21. The van der Waals surface area contributed by atoms with Crippen molar-refractivity contribution in [2.24, 2.45) is 5.14 Å². The number of hydrogen-bond donors (Lipinski definition) is 1. The largest absolute Gasteiger partial charge is 0.481 e. The molecule has 7 heteroatoms. The van der Waals surface area contributed by atoms with Gasteiger partial charge in [-0.3, -0.25) is 4.79 Å². The molecule has 1 atom stereocenters. The number of amides is 1. The quantitative estimate of drug-likeness (QED) is 0.887. The van der Waals surface area contributed by atoms with Crippen molar-refractivity contribution in [2.45, 2.75) is 30.8 Å². The van der Waals surface area contributed by atoms with E-state index in [1.54, 1.807) is 11.8 Å². The summed E-state index contributed by atoms with van der Waals surface area (Å²) < 4.78 is 27.8. The Kier molecular flexibility index (Phi) is 4.29. The van der Waals surface area contributed by atoms with Crippen molar-refractivity contribution in [3.8, 4) is 5.75 Å². The maximum Gasteiger partial charge on any atom is 0.263 e. The molecule has 0 aromatic heterocycles. The van der Waals surface area contributed by atoms with Crippen LogP contribution in [0, 0.1) is 0 Å². The van der Waals surface area contributed by atoms with Crippen LogP contribution in [0.4, 0.5) is 0 Å². The third-order valence-corrected chi connectivity index (χ3v) is 4.16. The summed E-state index contributed by atoms with van der Waals surface area (Å²) in [5.41, 5.74) is 0. The molecule has 6 nitrogen and oxygen atoms in total. The van der Waals surface area contributed by atoms with Crippen molar-refractivity contribution in [1.82, 2.24) is 4.90 Å². The summed E-state index contributed by atoms with van der Waals surface area (Å²) in [5, 5.41) is 5.01. The van der Waals surface area contributed by atoms with Crippen molar-refractivity contribution >= 4 is 15.9 Å². The highest BCUT2D eigenvalue weighted by Crippen LogP contribution is 2.18. The molecule has 20 heavy (non-hydrogen) atoms. The van der Waals surface area contributed by atoms with Crippen LogP contribution < -0.4 is 9.88 Å². The minimum absolute atomic E-state index is 0.0170. The lowest BCUT2D eigenvalue weighted by Crippen LogP contribution is -2.38. The molecular weight excluding hydrogens is 280 g/mol. The number of carbonyl (C=O) groups is 1. The van der Waals surface area contributed by atoms with E-state index >= 15 is 0 Å². The standard InChI is InChI=1S/C13H18N2O4S/c1-10(13(16)15-8-2-3-9-15)19-11-4-6-12(7-5-11)20(14,17)18/h4-7,10H,2-3,8-9H2,1H3,(H2,14,17,18). The number of nitrogens with zero attached hydrogens (tertiary/aromatic N) is 1. The van der Waals surface area contributed by atoms with E-state index in [1.807, 2.05) is 0 Å². The molecule has 1 saturated heterocycles. The first-order valence-electron chi connectivity index (χ1n) is 6.46. The molecule has 0 spiro atoms. The Morgan fingerprint density at radius 3 is 2.30 bits per heavy atom. The van der Waals surface area contributed by atoms with Gasteiger partial charge in [-0.15, -0.1) is 0 Å². The Labute approximate surface area is 118 Å². The van der Waals surface area contributed by atoms with Gasteiger partial charge in [-0.05, 0) is 44.0 Å². The predicted octanol–water partition coefficient (Wildman–Crippen LogP) is 0.724. The summed E-state index contributed by atoms with van der Waals surface area (Å²) in [7, 11) is -3.71. The van der Waals surface area contributed by atoms with E-state index in [-0.39, 0.29) is 10.8 Å². The molecule has 0 saturated carbocycles. The Balaban J connectivity index is 2.00. The molecule has 1 aliphatic heterocycles. The van der Waals surface area contributed by atoms with Gasteiger partial charge in [0.15, 0.2) is 6.10 Å². The summed E-state index contributed by atoms with van der Waals surface area (Å²) in [6.07, 6.45) is 1.47. The van der Waals surface area contributed by atoms with E-state index in [0.717, 1.165) is 25.9 Å². The first kappa shape index (κ1) is 14.8. The average molecular weight is 298 g/mol. The van der Waals surface area contributed by atoms with E-state index in [4.69, 9.17) is 9.88 Å². The fourth-order valence-electron chi connectivity index (χ4n) is 2.16. The van der Waals surface area contributed by atoms with Crippen LogP contribution in [0.5, 0.6) is 5.75 Å². The van der Waals surface area contributed by atoms with Crippen molar-refractivity contribution < 1.29 is 17.9 Å². The van der Waals surface area contributed by atoms with Crippen molar-refractivity contribution in [1.29, 1.82) is 0 Å². The van der Waals surface area contributed by atoms with Gasteiger partial charge in [0.1, 0.15) is 5.75 Å². The molecule has 0 aliphatic carbocycles. The second-order valence-electron chi connectivity index (χ2n) is 4.81. The van der Waals surface area contributed by atoms with Crippen LogP contribution >= 0.6 is 0 Å². The fourth-order valence-corrected chi connectivity index (χ4v) is 2.67. The maximum atomic E-state index is 12.1. The number of likely N-dealkylation sites (tertiary alicyclic amines) is 1. The molecule has 1 unspecified atom stereocenters. The van der Waals surface area contributed by atoms with E-state index in [2.05, 4.69) is 0 Å². The van der Waals surface area contributed by atoms with Crippen LogP contribution in [0.2, 0.25) is 0 Å². The van der Waals surface area contributed by atoms with Crippen LogP contribution in [0.3, 0.4) is 0 Å². The second-order valence-corrected chi connectivity index (χ2v) is 6.37. The molecule has 0 radical (unpaired) electrons. The Hall–Kier alpha value is -1.60. The SMILES string of the molecule is CC(Oc1ccc(S(N)(=O)=O)cc1)C(=O)N1CCCC1. The maximum absolute atomic E-state index is 12.1. The van der Waals surface area contributed by atoms with Crippen LogP contribution in [0.1, 0.15) is 19.8 Å². The molecule has 1 aliphatic rings. The number of ether oxygens (including phenoxy) is 1. The third-order valence-electron chi connectivity index (χ3n) is 3.23. The van der Waals surface area contributed by atoms with E-state index in [9.17, 15) is 13.2 Å². The van der Waals surface area contributed by atoms with E-state index in [1.165, 1.54) is 24.3 Å². The molecule has 2 rings (SSSR count). The molecule has 1 aromatic rings. The molecule has 1 heterocycles. The average Bonchev–Trinajstić information content (AvgIpc) is 2.91. The van der Waals surface area contributed by atoms with E-state index in [0.29, 0.717) is 5.75 Å². The topological polar surface area (TPSA) is 89.7 Å². The van der Waals surface area contributed by atoms with E-state index < -0.39 is 16.1 Å². The predicted molar refractivity (Wildman–Crippen MR) is 73.7 cm³/mol. The summed E-state index contributed by atoms with van der Waals surface area (Å²) in [5.74, 6) is 0.399. The molecule has 1 aromatic carbocycles. The molecule has 110 valence electrons. The third kappa shape index (κ3) is 3.49. The summed E-state index contributed by atoms with van der Waals surface area (Å²) in [4.78, 5) is 13.9. The van der Waals surface area contributed by atoms with Gasteiger partial charge in [0, 0.05) is 13.1 Å². The van der Waals surface area contributed by atoms with Crippen molar-refractivity contribution in [2.75, 3.05) is 13.1 Å². The fraction of sp³-hybridized carbons (Fsp3) is 0.462. The van der Waals surface area contributed by atoms with Crippen LogP contribution in [0.25, 0.3) is 0 Å². The number of carbonyl (C=O) groups excluding carboxylic acids is 1. The van der Waals surface area contributed by atoms with Crippen molar-refractivity contribution in [3.05, 3.63) is 24.3 Å². The highest BCUT2D eigenvalue weighted by atomic mass is 32.2. The zero-order valence-corrected chi connectivity index (χ0v) is 12.1. The smallest absolute Gasteiger partial charge is 0.263 e. The minimum Gasteiger partial charge on any atom is -0.481 e. The summed E-state index contributed by atoms with van der Waals surface area (Å²) in [6, 6.07) is 5.70. The Bertz CT molecular complexity index is 577. The molecule has 0 bridgehead atoms. The summed E-state index contributed by atoms with van der Waals surface area (Å²) in [6.45, 7) is 3.24. The molecule has 1 amide bonds. The highest BCUT2D eigenvalue weighted by Gasteiger charge is 2.24. The van der Waals surface area contributed by atoms with Crippen molar-refractivity contribution in [3.63, 3.8) is 0 Å². The Morgan fingerprint density at radius 1 is 1.25 bits per heavy atom. The zero-order chi connectivity index (χ0) is 14.8. The molecule has 1 fully saturated rings. The van der Waals surface area contributed by atoms with Gasteiger partial charge in [-0.25, -0.2) is 13.6 Å². The number of nitrogens with two attached hydrogens (primary N) is 1. The lowest BCUT2D eigenvalue weighted by molar-refractivity contribution is -0.136. The van der Waals surface area contributed by atoms with Gasteiger partial charge in [0.2, 0.25) is 10.0 Å². The van der Waals surface area contributed by atoms with Gasteiger partial charge in [0.05, 0.1) is 4.90 Å². The number of rotatable bonds is 4. The van der Waals surface area contributed by atoms with Crippen LogP contribution in [-0.2, 0) is 14.8 Å². The van der Waals surface area contributed by atoms with Gasteiger partial charge in [-0.2, -0.15) is 0 Å².